The monoisotopic (exact) mass is 400 g/mol. The Bertz CT molecular complexity index is 918. The topological polar surface area (TPSA) is 107 Å². The van der Waals surface area contributed by atoms with E-state index in [9.17, 15) is 14.4 Å². The van der Waals surface area contributed by atoms with Crippen LogP contribution >= 0.6 is 0 Å². The molecule has 1 aromatic carbocycles. The van der Waals surface area contributed by atoms with E-state index in [-0.39, 0.29) is 23.4 Å². The Morgan fingerprint density at radius 2 is 1.86 bits per heavy atom. The number of nitrogens with one attached hydrogen (secondary N) is 2. The molecule has 1 amide bonds. The maximum atomic E-state index is 12.4. The maximum absolute atomic E-state index is 12.4. The Balaban J connectivity index is 1.61. The number of aromatic nitrogens is 1. The molecule has 2 heterocycles. The van der Waals surface area contributed by atoms with Crippen molar-refractivity contribution in [3.63, 3.8) is 0 Å². The molecular formula is C21H24N2O6. The standard InChI is InChI=1S/C21H24N2O6/c1-12(2)20(14-4-5-17-18(9-14)28-7-6-27-17)23-19(25)11-29-21(26)16-8-15(10-22-16)13(3)24/h4-5,8-10,12,20,22H,6-7,11H2,1-3H3,(H,23,25)/t20-/m1/s1. The van der Waals surface area contributed by atoms with Crippen LogP contribution in [0.4, 0.5) is 0 Å². The van der Waals surface area contributed by atoms with Crippen LogP contribution in [0.2, 0.25) is 0 Å². The molecule has 2 aromatic rings. The van der Waals surface area contributed by atoms with Crippen LogP contribution in [0, 0.1) is 5.92 Å². The first-order valence-electron chi connectivity index (χ1n) is 9.40. The third kappa shape index (κ3) is 4.96. The van der Waals surface area contributed by atoms with Crippen molar-refractivity contribution in [2.24, 2.45) is 5.92 Å². The van der Waals surface area contributed by atoms with E-state index in [4.69, 9.17) is 14.2 Å². The summed E-state index contributed by atoms with van der Waals surface area (Å²) < 4.78 is 16.2. The fraction of sp³-hybridized carbons (Fsp3) is 0.381. The molecule has 8 nitrogen and oxygen atoms in total. The van der Waals surface area contributed by atoms with Gasteiger partial charge in [-0.1, -0.05) is 19.9 Å². The van der Waals surface area contributed by atoms with Crippen LogP contribution in [-0.2, 0) is 9.53 Å². The lowest BCUT2D eigenvalue weighted by molar-refractivity contribution is -0.125. The number of Topliss-reactive ketones (excluding diaryl/α,β-unsaturated/α-hetero) is 1. The van der Waals surface area contributed by atoms with Crippen LogP contribution in [0.15, 0.2) is 30.5 Å². The van der Waals surface area contributed by atoms with Crippen molar-refractivity contribution in [3.8, 4) is 11.5 Å². The first kappa shape index (κ1) is 20.4. The van der Waals surface area contributed by atoms with Crippen molar-refractivity contribution in [2.75, 3.05) is 19.8 Å². The number of ketones is 1. The van der Waals surface area contributed by atoms with Crippen LogP contribution in [0.5, 0.6) is 11.5 Å². The number of rotatable bonds is 7. The first-order valence-corrected chi connectivity index (χ1v) is 9.40. The predicted octanol–water partition coefficient (Wildman–Crippen LogP) is 2.66. The van der Waals surface area contributed by atoms with Crippen molar-refractivity contribution in [1.82, 2.24) is 10.3 Å². The SMILES string of the molecule is CC(=O)c1c[nH]c(C(=O)OCC(=O)N[C@@H](c2ccc3c(c2)OCCO3)C(C)C)c1. The molecule has 0 bridgehead atoms. The molecule has 0 radical (unpaired) electrons. The van der Waals surface area contributed by atoms with Crippen LogP contribution in [0.1, 0.15) is 53.2 Å². The summed E-state index contributed by atoms with van der Waals surface area (Å²) in [6.07, 6.45) is 1.43. The van der Waals surface area contributed by atoms with Gasteiger partial charge in [0.25, 0.3) is 5.91 Å². The van der Waals surface area contributed by atoms with E-state index in [0.717, 1.165) is 5.56 Å². The number of esters is 1. The Kier molecular flexibility index (Phi) is 6.21. The summed E-state index contributed by atoms with van der Waals surface area (Å²) in [7, 11) is 0. The van der Waals surface area contributed by atoms with Gasteiger partial charge in [0.1, 0.15) is 18.9 Å². The number of carbonyl (C=O) groups is 3. The number of hydrogen-bond donors (Lipinski definition) is 2. The highest BCUT2D eigenvalue weighted by Gasteiger charge is 2.22. The lowest BCUT2D eigenvalue weighted by Crippen LogP contribution is -2.35. The fourth-order valence-corrected chi connectivity index (χ4v) is 3.03. The van der Waals surface area contributed by atoms with E-state index in [2.05, 4.69) is 10.3 Å². The lowest BCUT2D eigenvalue weighted by atomic mass is 9.95. The highest BCUT2D eigenvalue weighted by molar-refractivity contribution is 5.97. The second kappa shape index (κ2) is 8.81. The zero-order valence-corrected chi connectivity index (χ0v) is 16.6. The summed E-state index contributed by atoms with van der Waals surface area (Å²) in [5, 5.41) is 2.89. The van der Waals surface area contributed by atoms with Crippen LogP contribution in [0.3, 0.4) is 0 Å². The van der Waals surface area contributed by atoms with Gasteiger partial charge in [0.15, 0.2) is 23.9 Å². The minimum Gasteiger partial charge on any atom is -0.486 e. The lowest BCUT2D eigenvalue weighted by Gasteiger charge is -2.25. The van der Waals surface area contributed by atoms with E-state index in [1.807, 2.05) is 32.0 Å². The molecule has 0 saturated carbocycles. The van der Waals surface area contributed by atoms with Gasteiger partial charge in [-0.15, -0.1) is 0 Å². The summed E-state index contributed by atoms with van der Waals surface area (Å²) in [6.45, 7) is 5.93. The minimum absolute atomic E-state index is 0.0961. The summed E-state index contributed by atoms with van der Waals surface area (Å²) in [4.78, 5) is 38.4. The van der Waals surface area contributed by atoms with Gasteiger partial charge in [-0.2, -0.15) is 0 Å². The maximum Gasteiger partial charge on any atom is 0.355 e. The molecule has 1 aromatic heterocycles. The van der Waals surface area contributed by atoms with E-state index in [0.29, 0.717) is 30.3 Å². The zero-order chi connectivity index (χ0) is 21.0. The number of fused-ring (bicyclic) bond motifs is 1. The van der Waals surface area contributed by atoms with Gasteiger partial charge in [0, 0.05) is 11.8 Å². The molecule has 154 valence electrons. The van der Waals surface area contributed by atoms with Gasteiger partial charge in [0.2, 0.25) is 0 Å². The molecule has 0 saturated heterocycles. The molecule has 0 unspecified atom stereocenters. The summed E-state index contributed by atoms with van der Waals surface area (Å²) in [5.41, 5.74) is 1.37. The number of amides is 1. The van der Waals surface area contributed by atoms with E-state index in [1.165, 1.54) is 19.2 Å². The Labute approximate surface area is 168 Å². The van der Waals surface area contributed by atoms with E-state index < -0.39 is 18.5 Å². The van der Waals surface area contributed by atoms with Gasteiger partial charge in [0.05, 0.1) is 6.04 Å². The van der Waals surface area contributed by atoms with Crippen molar-refractivity contribution in [3.05, 3.63) is 47.3 Å². The predicted molar refractivity (Wildman–Crippen MR) is 104 cm³/mol. The number of aromatic amines is 1. The minimum atomic E-state index is -0.701. The van der Waals surface area contributed by atoms with Crippen molar-refractivity contribution in [2.45, 2.75) is 26.8 Å². The Morgan fingerprint density at radius 1 is 1.14 bits per heavy atom. The third-order valence-corrected chi connectivity index (χ3v) is 4.55. The quantitative estimate of drug-likeness (QED) is 0.547. The second-order valence-electron chi connectivity index (χ2n) is 7.13. The van der Waals surface area contributed by atoms with Crippen molar-refractivity contribution in [1.29, 1.82) is 0 Å². The molecule has 8 heteroatoms. The van der Waals surface area contributed by atoms with Crippen LogP contribution in [0.25, 0.3) is 0 Å². The highest BCUT2D eigenvalue weighted by Crippen LogP contribution is 2.34. The molecule has 0 aliphatic carbocycles. The number of carbonyl (C=O) groups excluding carboxylic acids is 3. The van der Waals surface area contributed by atoms with Gasteiger partial charge in [-0.05, 0) is 36.6 Å². The zero-order valence-electron chi connectivity index (χ0n) is 16.6. The van der Waals surface area contributed by atoms with E-state index in [1.54, 1.807) is 0 Å². The van der Waals surface area contributed by atoms with Crippen LogP contribution in [-0.4, -0.2) is 42.5 Å². The smallest absolute Gasteiger partial charge is 0.355 e. The van der Waals surface area contributed by atoms with Crippen LogP contribution < -0.4 is 14.8 Å². The molecule has 1 aliphatic rings. The Hall–Kier alpha value is -3.29. The Morgan fingerprint density at radius 3 is 2.52 bits per heavy atom. The number of H-pyrrole nitrogens is 1. The average molecular weight is 400 g/mol. The molecule has 2 N–H and O–H groups in total. The van der Waals surface area contributed by atoms with Crippen molar-refractivity contribution >= 4 is 17.7 Å². The summed E-state index contributed by atoms with van der Waals surface area (Å²) in [6, 6.07) is 6.67. The van der Waals surface area contributed by atoms with Gasteiger partial charge in [-0.3, -0.25) is 9.59 Å². The first-order chi connectivity index (χ1) is 13.8. The average Bonchev–Trinajstić information content (AvgIpc) is 3.20. The summed E-state index contributed by atoms with van der Waals surface area (Å²) >= 11 is 0. The number of hydrogen-bond acceptors (Lipinski definition) is 6. The molecule has 29 heavy (non-hydrogen) atoms. The second-order valence-corrected chi connectivity index (χ2v) is 7.13. The normalized spacial score (nSPS) is 13.7. The molecule has 1 atom stereocenters. The van der Waals surface area contributed by atoms with Crippen molar-refractivity contribution < 1.29 is 28.6 Å². The largest absolute Gasteiger partial charge is 0.486 e. The summed E-state index contributed by atoms with van der Waals surface area (Å²) in [5.74, 6) is 0.126. The van der Waals surface area contributed by atoms with E-state index >= 15 is 0 Å². The molecule has 0 fully saturated rings. The molecule has 1 aliphatic heterocycles. The third-order valence-electron chi connectivity index (χ3n) is 4.55. The molecule has 3 rings (SSSR count). The number of benzene rings is 1. The van der Waals surface area contributed by atoms with Gasteiger partial charge in [-0.25, -0.2) is 4.79 Å². The van der Waals surface area contributed by atoms with Gasteiger partial charge < -0.3 is 24.5 Å². The molecular weight excluding hydrogens is 376 g/mol. The number of ether oxygens (including phenoxy) is 3. The molecule has 0 spiro atoms. The highest BCUT2D eigenvalue weighted by atomic mass is 16.6. The van der Waals surface area contributed by atoms with Gasteiger partial charge >= 0.3 is 5.97 Å². The fourth-order valence-electron chi connectivity index (χ4n) is 3.03.